The lowest BCUT2D eigenvalue weighted by molar-refractivity contribution is 0.170. The van der Waals surface area contributed by atoms with Crippen molar-refractivity contribution in [2.24, 2.45) is 0 Å². The van der Waals surface area contributed by atoms with Gasteiger partial charge < -0.3 is 5.11 Å². The van der Waals surface area contributed by atoms with E-state index in [9.17, 15) is 5.11 Å². The van der Waals surface area contributed by atoms with Gasteiger partial charge in [-0.05, 0) is 20.3 Å². The van der Waals surface area contributed by atoms with E-state index in [-0.39, 0.29) is 0 Å². The molecule has 1 aliphatic rings. The molecule has 2 atom stereocenters. The van der Waals surface area contributed by atoms with E-state index in [1.54, 1.807) is 0 Å². The van der Waals surface area contributed by atoms with E-state index in [1.807, 2.05) is 13.8 Å². The first-order valence-corrected chi connectivity index (χ1v) is 4.62. The topological polar surface area (TPSA) is 46.0 Å². The van der Waals surface area contributed by atoms with Gasteiger partial charge in [0.05, 0.1) is 28.9 Å². The fraction of sp³-hybridized carbons (Fsp3) is 0.600. The second kappa shape index (κ2) is 2.77. The Kier molecular flexibility index (Phi) is 1.84. The smallest absolute Gasteiger partial charge is 0.0984 e. The van der Waals surface area contributed by atoms with Crippen molar-refractivity contribution in [3.63, 3.8) is 0 Å². The Labute approximate surface area is 77.8 Å². The maximum absolute atomic E-state index is 9.66. The zero-order chi connectivity index (χ0) is 9.59. The molecule has 0 saturated carbocycles. The van der Waals surface area contributed by atoms with Gasteiger partial charge in [0.2, 0.25) is 0 Å². The van der Waals surface area contributed by atoms with E-state index < -0.39 is 6.10 Å². The second-order valence-electron chi connectivity index (χ2n) is 3.82. The Hall–Kier alpha value is -0.960. The fourth-order valence-corrected chi connectivity index (χ4v) is 1.80. The number of aliphatic hydroxyl groups is 1. The molecular weight excluding hydrogens is 164 g/mol. The molecule has 0 aromatic carbocycles. The molecule has 0 spiro atoms. The largest absolute Gasteiger partial charge is 0.387 e. The first kappa shape index (κ1) is 8.63. The summed E-state index contributed by atoms with van der Waals surface area (Å²) in [5, 5.41) is 9.66. The summed E-state index contributed by atoms with van der Waals surface area (Å²) in [6.07, 6.45) is 0.356. The second-order valence-corrected chi connectivity index (χ2v) is 3.82. The lowest BCUT2D eigenvalue weighted by Gasteiger charge is -2.06. The quantitative estimate of drug-likeness (QED) is 0.656. The first-order chi connectivity index (χ1) is 6.09. The van der Waals surface area contributed by atoms with Crippen LogP contribution in [0.25, 0.3) is 0 Å². The predicted octanol–water partition coefficient (Wildman–Crippen LogP) is 1.63. The van der Waals surface area contributed by atoms with Gasteiger partial charge in [-0.2, -0.15) is 0 Å². The van der Waals surface area contributed by atoms with Crippen LogP contribution in [0.3, 0.4) is 0 Å². The van der Waals surface area contributed by atoms with Gasteiger partial charge in [-0.15, -0.1) is 0 Å². The molecule has 1 aromatic rings. The number of aromatic nitrogens is 2. The minimum atomic E-state index is -0.406. The number of aliphatic hydroxyl groups excluding tert-OH is 1. The highest BCUT2D eigenvalue weighted by molar-refractivity contribution is 5.28. The lowest BCUT2D eigenvalue weighted by atomic mass is 10.1. The van der Waals surface area contributed by atoms with E-state index in [1.165, 1.54) is 0 Å². The third-order valence-electron chi connectivity index (χ3n) is 2.72. The summed E-state index contributed by atoms with van der Waals surface area (Å²) in [6, 6.07) is 0. The standard InChI is InChI=1S/C10H14N2O/c1-5-4-8(13)10-9(5)11-6(2)7(3)12-10/h5,8,13H,4H2,1-3H3/t5-,8-/m0/s1. The number of hydrogen-bond donors (Lipinski definition) is 1. The van der Waals surface area contributed by atoms with Gasteiger partial charge in [-0.3, -0.25) is 9.97 Å². The van der Waals surface area contributed by atoms with Gasteiger partial charge in [0.25, 0.3) is 0 Å². The van der Waals surface area contributed by atoms with Crippen molar-refractivity contribution in [3.05, 3.63) is 22.8 Å². The minimum Gasteiger partial charge on any atom is -0.387 e. The van der Waals surface area contributed by atoms with Crippen molar-refractivity contribution in [1.82, 2.24) is 9.97 Å². The van der Waals surface area contributed by atoms with Crippen molar-refractivity contribution < 1.29 is 5.11 Å². The van der Waals surface area contributed by atoms with Crippen LogP contribution in [-0.4, -0.2) is 15.1 Å². The number of hydrogen-bond acceptors (Lipinski definition) is 3. The van der Waals surface area contributed by atoms with Gasteiger partial charge in [0, 0.05) is 5.92 Å². The van der Waals surface area contributed by atoms with Crippen molar-refractivity contribution in [2.75, 3.05) is 0 Å². The average molecular weight is 178 g/mol. The van der Waals surface area contributed by atoms with Gasteiger partial charge in [-0.25, -0.2) is 0 Å². The van der Waals surface area contributed by atoms with E-state index >= 15 is 0 Å². The monoisotopic (exact) mass is 178 g/mol. The highest BCUT2D eigenvalue weighted by Crippen LogP contribution is 2.37. The highest BCUT2D eigenvalue weighted by Gasteiger charge is 2.29. The lowest BCUT2D eigenvalue weighted by Crippen LogP contribution is -2.02. The zero-order valence-corrected chi connectivity index (χ0v) is 8.20. The summed E-state index contributed by atoms with van der Waals surface area (Å²) in [5.74, 6) is 0.344. The highest BCUT2D eigenvalue weighted by atomic mass is 16.3. The Morgan fingerprint density at radius 2 is 1.69 bits per heavy atom. The van der Waals surface area contributed by atoms with Gasteiger partial charge in [0.15, 0.2) is 0 Å². The van der Waals surface area contributed by atoms with Crippen LogP contribution < -0.4 is 0 Å². The molecule has 1 heterocycles. The number of fused-ring (bicyclic) bond motifs is 1. The molecule has 70 valence electrons. The average Bonchev–Trinajstić information content (AvgIpc) is 2.31. The van der Waals surface area contributed by atoms with Gasteiger partial charge >= 0.3 is 0 Å². The van der Waals surface area contributed by atoms with Crippen LogP contribution in [0.15, 0.2) is 0 Å². The van der Waals surface area contributed by atoms with Crippen LogP contribution in [0.4, 0.5) is 0 Å². The van der Waals surface area contributed by atoms with Crippen LogP contribution in [-0.2, 0) is 0 Å². The van der Waals surface area contributed by atoms with Crippen LogP contribution in [0, 0.1) is 13.8 Å². The molecule has 0 aliphatic heterocycles. The van der Waals surface area contributed by atoms with Crippen LogP contribution in [0.2, 0.25) is 0 Å². The third-order valence-corrected chi connectivity index (χ3v) is 2.72. The summed E-state index contributed by atoms with van der Waals surface area (Å²) < 4.78 is 0. The van der Waals surface area contributed by atoms with E-state index in [4.69, 9.17) is 0 Å². The molecule has 1 aromatic heterocycles. The Balaban J connectivity index is 2.58. The number of rotatable bonds is 0. The van der Waals surface area contributed by atoms with Crippen molar-refractivity contribution >= 4 is 0 Å². The Bertz CT molecular complexity index is 316. The normalized spacial score (nSPS) is 26.2. The summed E-state index contributed by atoms with van der Waals surface area (Å²) >= 11 is 0. The minimum absolute atomic E-state index is 0.344. The molecule has 3 heteroatoms. The first-order valence-electron chi connectivity index (χ1n) is 4.62. The molecular formula is C10H14N2O. The molecule has 0 fully saturated rings. The molecule has 0 unspecified atom stereocenters. The van der Waals surface area contributed by atoms with Crippen LogP contribution in [0.1, 0.15) is 48.1 Å². The molecule has 0 amide bonds. The molecule has 0 bridgehead atoms. The predicted molar refractivity (Wildman–Crippen MR) is 49.5 cm³/mol. The van der Waals surface area contributed by atoms with Crippen molar-refractivity contribution in [2.45, 2.75) is 39.2 Å². The van der Waals surface area contributed by atoms with E-state index in [0.29, 0.717) is 5.92 Å². The summed E-state index contributed by atoms with van der Waals surface area (Å²) in [7, 11) is 0. The van der Waals surface area contributed by atoms with Crippen LogP contribution >= 0.6 is 0 Å². The molecule has 0 radical (unpaired) electrons. The van der Waals surface area contributed by atoms with Crippen LogP contribution in [0.5, 0.6) is 0 Å². The van der Waals surface area contributed by atoms with Gasteiger partial charge in [0.1, 0.15) is 0 Å². The summed E-state index contributed by atoms with van der Waals surface area (Å²) in [5.41, 5.74) is 3.66. The Morgan fingerprint density at radius 1 is 1.15 bits per heavy atom. The molecule has 1 N–H and O–H groups in total. The Morgan fingerprint density at radius 3 is 2.31 bits per heavy atom. The maximum Gasteiger partial charge on any atom is 0.0984 e. The number of nitrogens with zero attached hydrogens (tertiary/aromatic N) is 2. The van der Waals surface area contributed by atoms with E-state index in [2.05, 4.69) is 16.9 Å². The fourth-order valence-electron chi connectivity index (χ4n) is 1.80. The molecule has 3 nitrogen and oxygen atoms in total. The van der Waals surface area contributed by atoms with Gasteiger partial charge in [-0.1, -0.05) is 6.92 Å². The third kappa shape index (κ3) is 1.23. The van der Waals surface area contributed by atoms with Crippen molar-refractivity contribution in [1.29, 1.82) is 0 Å². The van der Waals surface area contributed by atoms with Crippen molar-refractivity contribution in [3.8, 4) is 0 Å². The van der Waals surface area contributed by atoms with E-state index in [0.717, 1.165) is 29.2 Å². The molecule has 2 rings (SSSR count). The number of aryl methyl sites for hydroxylation is 2. The zero-order valence-electron chi connectivity index (χ0n) is 8.20. The molecule has 0 saturated heterocycles. The SMILES string of the molecule is Cc1nc2c(nc1C)[C@@H](O)C[C@@H]2C. The molecule has 1 aliphatic carbocycles. The summed E-state index contributed by atoms with van der Waals surface area (Å²) in [6.45, 7) is 5.97. The summed E-state index contributed by atoms with van der Waals surface area (Å²) in [4.78, 5) is 8.83. The molecule has 13 heavy (non-hydrogen) atoms. The maximum atomic E-state index is 9.66.